The molecule has 59 valence electrons. The number of aliphatic hydroxyl groups is 1. The Morgan fingerprint density at radius 2 is 2.36 bits per heavy atom. The second kappa shape index (κ2) is 3.78. The van der Waals surface area contributed by atoms with Gasteiger partial charge in [-0.15, -0.1) is 0 Å². The van der Waals surface area contributed by atoms with Crippen LogP contribution in [0.3, 0.4) is 0 Å². The highest BCUT2D eigenvalue weighted by molar-refractivity contribution is 5.39. The number of rotatable bonds is 3. The fourth-order valence-electron chi connectivity index (χ4n) is 0.670. The quantitative estimate of drug-likeness (QED) is 0.634. The number of nitrogen functional groups attached to an aromatic ring is 1. The van der Waals surface area contributed by atoms with Crippen LogP contribution >= 0.6 is 0 Å². The predicted octanol–water partition coefficient (Wildman–Crippen LogP) is -0.108. The van der Waals surface area contributed by atoms with Crippen LogP contribution in [-0.4, -0.2) is 23.2 Å². The van der Waals surface area contributed by atoms with E-state index in [0.29, 0.717) is 12.4 Å². The molecule has 0 atom stereocenters. The Morgan fingerprint density at radius 3 is 2.91 bits per heavy atom. The fraction of sp³-hybridized carbons (Fsp3) is 0.286. The van der Waals surface area contributed by atoms with Crippen LogP contribution in [0.4, 0.5) is 11.5 Å². The van der Waals surface area contributed by atoms with Crippen LogP contribution in [-0.2, 0) is 0 Å². The van der Waals surface area contributed by atoms with Gasteiger partial charge in [0.15, 0.2) is 0 Å². The third-order valence-corrected chi connectivity index (χ3v) is 1.17. The van der Waals surface area contributed by atoms with Crippen molar-refractivity contribution < 1.29 is 5.11 Å². The van der Waals surface area contributed by atoms with Gasteiger partial charge in [-0.1, -0.05) is 0 Å². The SMILES string of the molecule is Nc1ccc([N]CCO)cn1. The van der Waals surface area contributed by atoms with E-state index < -0.39 is 0 Å². The number of pyridine rings is 1. The van der Waals surface area contributed by atoms with Crippen LogP contribution in [0.1, 0.15) is 0 Å². The maximum Gasteiger partial charge on any atom is 0.123 e. The molecular weight excluding hydrogens is 142 g/mol. The zero-order chi connectivity index (χ0) is 8.10. The first-order chi connectivity index (χ1) is 5.33. The van der Waals surface area contributed by atoms with Crippen molar-refractivity contribution in [3.05, 3.63) is 18.3 Å². The standard InChI is InChI=1S/C7H10N3O/c8-7-2-1-6(5-10-7)9-3-4-11/h1-2,5,11H,3-4H2,(H2,8,10). The maximum atomic E-state index is 8.44. The van der Waals surface area contributed by atoms with Crippen LogP contribution < -0.4 is 11.1 Å². The van der Waals surface area contributed by atoms with Crippen molar-refractivity contribution in [2.75, 3.05) is 18.9 Å². The smallest absolute Gasteiger partial charge is 0.123 e. The molecule has 4 heteroatoms. The van der Waals surface area contributed by atoms with E-state index >= 15 is 0 Å². The van der Waals surface area contributed by atoms with E-state index in [4.69, 9.17) is 10.8 Å². The molecule has 0 spiro atoms. The first-order valence-electron chi connectivity index (χ1n) is 3.33. The van der Waals surface area contributed by atoms with Gasteiger partial charge in [0.1, 0.15) is 5.82 Å². The topological polar surface area (TPSA) is 73.2 Å². The summed E-state index contributed by atoms with van der Waals surface area (Å²) in [6.07, 6.45) is 1.57. The van der Waals surface area contributed by atoms with E-state index in [0.717, 1.165) is 5.69 Å². The summed E-state index contributed by atoms with van der Waals surface area (Å²) in [4.78, 5) is 3.83. The molecule has 0 aliphatic carbocycles. The number of anilines is 1. The van der Waals surface area contributed by atoms with E-state index in [1.807, 2.05) is 0 Å². The number of aromatic nitrogens is 1. The third-order valence-electron chi connectivity index (χ3n) is 1.17. The number of nitrogens with zero attached hydrogens (tertiary/aromatic N) is 2. The van der Waals surface area contributed by atoms with Crippen molar-refractivity contribution in [2.45, 2.75) is 0 Å². The van der Waals surface area contributed by atoms with Crippen molar-refractivity contribution in [3.8, 4) is 0 Å². The molecule has 0 aromatic carbocycles. The third kappa shape index (κ3) is 2.43. The van der Waals surface area contributed by atoms with Crippen LogP contribution in [0.25, 0.3) is 0 Å². The van der Waals surface area contributed by atoms with Gasteiger partial charge in [0.05, 0.1) is 25.0 Å². The Hall–Kier alpha value is -1.29. The Kier molecular flexibility index (Phi) is 2.68. The molecule has 0 unspecified atom stereocenters. The van der Waals surface area contributed by atoms with Gasteiger partial charge in [0.2, 0.25) is 0 Å². The van der Waals surface area contributed by atoms with Gasteiger partial charge >= 0.3 is 0 Å². The van der Waals surface area contributed by atoms with Gasteiger partial charge in [-0.25, -0.2) is 4.98 Å². The lowest BCUT2D eigenvalue weighted by Gasteiger charge is -1.99. The summed E-state index contributed by atoms with van der Waals surface area (Å²) in [6.45, 7) is 0.468. The van der Waals surface area contributed by atoms with Gasteiger partial charge in [0.25, 0.3) is 0 Å². The Balaban J connectivity index is 2.52. The molecule has 0 saturated carbocycles. The molecule has 4 nitrogen and oxygen atoms in total. The minimum absolute atomic E-state index is 0.0599. The predicted molar refractivity (Wildman–Crippen MR) is 42.4 cm³/mol. The van der Waals surface area contributed by atoms with E-state index in [9.17, 15) is 0 Å². The average molecular weight is 152 g/mol. The molecule has 1 aromatic heterocycles. The highest BCUT2D eigenvalue weighted by Gasteiger charge is 1.91. The fourth-order valence-corrected chi connectivity index (χ4v) is 0.670. The molecular formula is C7H10N3O. The van der Waals surface area contributed by atoms with Gasteiger partial charge < -0.3 is 10.8 Å². The molecule has 0 fully saturated rings. The van der Waals surface area contributed by atoms with Gasteiger partial charge in [-0.05, 0) is 12.1 Å². The number of aliphatic hydroxyl groups excluding tert-OH is 1. The molecule has 1 radical (unpaired) electrons. The number of nitrogens with two attached hydrogens (primary N) is 1. The minimum atomic E-state index is 0.0599. The zero-order valence-electron chi connectivity index (χ0n) is 6.07. The van der Waals surface area contributed by atoms with Crippen molar-refractivity contribution >= 4 is 11.5 Å². The summed E-state index contributed by atoms with van der Waals surface area (Å²) in [7, 11) is 0. The van der Waals surface area contributed by atoms with Crippen molar-refractivity contribution in [1.29, 1.82) is 0 Å². The summed E-state index contributed by atoms with van der Waals surface area (Å²) in [5, 5.41) is 12.4. The lowest BCUT2D eigenvalue weighted by molar-refractivity contribution is 0.298. The number of hydrogen-bond acceptors (Lipinski definition) is 3. The van der Waals surface area contributed by atoms with E-state index in [2.05, 4.69) is 10.3 Å². The van der Waals surface area contributed by atoms with Crippen molar-refractivity contribution in [1.82, 2.24) is 10.3 Å². The molecule has 0 amide bonds. The summed E-state index contributed by atoms with van der Waals surface area (Å²) < 4.78 is 0. The number of hydrogen-bond donors (Lipinski definition) is 2. The van der Waals surface area contributed by atoms with Crippen LogP contribution in [0.15, 0.2) is 18.3 Å². The summed E-state index contributed by atoms with van der Waals surface area (Å²) in [6, 6.07) is 3.44. The zero-order valence-corrected chi connectivity index (χ0v) is 6.07. The first kappa shape index (κ1) is 7.81. The highest BCUT2D eigenvalue weighted by Crippen LogP contribution is 2.05. The average Bonchev–Trinajstić information content (AvgIpc) is 2.04. The van der Waals surface area contributed by atoms with E-state index in [-0.39, 0.29) is 6.61 Å². The van der Waals surface area contributed by atoms with Crippen LogP contribution in [0.5, 0.6) is 0 Å². The normalized spacial score (nSPS) is 9.55. The summed E-state index contributed by atoms with van der Waals surface area (Å²) in [5.41, 5.74) is 6.10. The van der Waals surface area contributed by atoms with Crippen LogP contribution in [0, 0.1) is 0 Å². The summed E-state index contributed by atoms with van der Waals surface area (Å²) in [5.74, 6) is 0.480. The molecule has 0 bridgehead atoms. The molecule has 11 heavy (non-hydrogen) atoms. The van der Waals surface area contributed by atoms with Gasteiger partial charge in [0, 0.05) is 0 Å². The van der Waals surface area contributed by atoms with Gasteiger partial charge in [-0.3, -0.25) is 5.32 Å². The molecule has 1 heterocycles. The summed E-state index contributed by atoms with van der Waals surface area (Å²) >= 11 is 0. The van der Waals surface area contributed by atoms with Crippen molar-refractivity contribution in [2.24, 2.45) is 0 Å². The first-order valence-corrected chi connectivity index (χ1v) is 3.33. The Bertz CT molecular complexity index is 209. The Labute approximate surface area is 65.1 Å². The largest absolute Gasteiger partial charge is 0.394 e. The monoisotopic (exact) mass is 152 g/mol. The lowest BCUT2D eigenvalue weighted by Crippen LogP contribution is -2.04. The Morgan fingerprint density at radius 1 is 1.55 bits per heavy atom. The lowest BCUT2D eigenvalue weighted by atomic mass is 10.4. The molecule has 0 aliphatic rings. The van der Waals surface area contributed by atoms with Gasteiger partial charge in [-0.2, -0.15) is 0 Å². The molecule has 0 saturated heterocycles. The minimum Gasteiger partial charge on any atom is -0.394 e. The maximum absolute atomic E-state index is 8.44. The molecule has 3 N–H and O–H groups in total. The highest BCUT2D eigenvalue weighted by atomic mass is 16.3. The van der Waals surface area contributed by atoms with Crippen molar-refractivity contribution in [3.63, 3.8) is 0 Å². The second-order valence-corrected chi connectivity index (χ2v) is 2.05. The molecule has 1 aromatic rings. The van der Waals surface area contributed by atoms with E-state index in [1.165, 1.54) is 0 Å². The van der Waals surface area contributed by atoms with E-state index in [1.54, 1.807) is 18.3 Å². The molecule has 1 rings (SSSR count). The van der Waals surface area contributed by atoms with Crippen LogP contribution in [0.2, 0.25) is 0 Å². The second-order valence-electron chi connectivity index (χ2n) is 2.05. The molecule has 0 aliphatic heterocycles.